The van der Waals surface area contributed by atoms with Gasteiger partial charge in [-0.3, -0.25) is 4.79 Å². The lowest BCUT2D eigenvalue weighted by molar-refractivity contribution is -0.137. The Morgan fingerprint density at radius 3 is 2.27 bits per heavy atom. The van der Waals surface area contributed by atoms with Crippen molar-refractivity contribution in [2.75, 3.05) is 0 Å². The molecule has 0 spiro atoms. The topological polar surface area (TPSA) is 37.3 Å². The fraction of sp³-hybridized carbons (Fsp3) is 0.417. The Labute approximate surface area is 88.7 Å². The summed E-state index contributed by atoms with van der Waals surface area (Å²) >= 11 is 0. The van der Waals surface area contributed by atoms with Gasteiger partial charge in [0.1, 0.15) is 5.82 Å². The molecule has 0 radical (unpaired) electrons. The first kappa shape index (κ1) is 11.7. The Morgan fingerprint density at radius 1 is 1.33 bits per heavy atom. The fourth-order valence-electron chi connectivity index (χ4n) is 1.64. The second kappa shape index (κ2) is 4.91. The fourth-order valence-corrected chi connectivity index (χ4v) is 1.64. The predicted octanol–water partition coefficient (Wildman–Crippen LogP) is 3.04. The standard InChI is InChI=1S/C12H15FO2/c1-8(2)11(7-12(14)15)9-3-5-10(13)6-4-9/h3-6,8,11H,7H2,1-2H3,(H,14,15)/t11-/m0/s1. The molecule has 0 heterocycles. The van der Waals surface area contributed by atoms with Crippen molar-refractivity contribution in [2.24, 2.45) is 5.92 Å². The zero-order chi connectivity index (χ0) is 11.4. The van der Waals surface area contributed by atoms with Crippen LogP contribution in [0.25, 0.3) is 0 Å². The molecule has 0 amide bonds. The van der Waals surface area contributed by atoms with Gasteiger partial charge in [0.25, 0.3) is 0 Å². The SMILES string of the molecule is CC(C)[C@H](CC(=O)O)c1ccc(F)cc1. The summed E-state index contributed by atoms with van der Waals surface area (Å²) in [6.45, 7) is 3.94. The first-order valence-electron chi connectivity index (χ1n) is 4.98. The third-order valence-corrected chi connectivity index (χ3v) is 2.50. The minimum atomic E-state index is -0.821. The van der Waals surface area contributed by atoms with Crippen LogP contribution in [0.4, 0.5) is 4.39 Å². The minimum absolute atomic E-state index is 0.0527. The Bertz CT molecular complexity index is 330. The van der Waals surface area contributed by atoms with Crippen molar-refractivity contribution in [3.63, 3.8) is 0 Å². The predicted molar refractivity (Wildman–Crippen MR) is 56.2 cm³/mol. The van der Waals surface area contributed by atoms with Crippen LogP contribution in [0.15, 0.2) is 24.3 Å². The van der Waals surface area contributed by atoms with E-state index in [-0.39, 0.29) is 24.1 Å². The van der Waals surface area contributed by atoms with E-state index in [1.165, 1.54) is 12.1 Å². The van der Waals surface area contributed by atoms with Gasteiger partial charge in [0.15, 0.2) is 0 Å². The van der Waals surface area contributed by atoms with Crippen LogP contribution in [-0.4, -0.2) is 11.1 Å². The number of rotatable bonds is 4. The molecule has 0 unspecified atom stereocenters. The van der Waals surface area contributed by atoms with E-state index in [0.29, 0.717) is 0 Å². The molecule has 0 aliphatic heterocycles. The highest BCUT2D eigenvalue weighted by Crippen LogP contribution is 2.27. The summed E-state index contributed by atoms with van der Waals surface area (Å²) in [6.07, 6.45) is 0.0866. The Balaban J connectivity index is 2.88. The zero-order valence-electron chi connectivity index (χ0n) is 8.90. The molecule has 0 fully saturated rings. The van der Waals surface area contributed by atoms with E-state index >= 15 is 0 Å². The zero-order valence-corrected chi connectivity index (χ0v) is 8.90. The van der Waals surface area contributed by atoms with Gasteiger partial charge in [-0.2, -0.15) is 0 Å². The van der Waals surface area contributed by atoms with Gasteiger partial charge in [0.05, 0.1) is 6.42 Å². The van der Waals surface area contributed by atoms with Gasteiger partial charge in [-0.25, -0.2) is 4.39 Å². The van der Waals surface area contributed by atoms with Crippen molar-refractivity contribution in [2.45, 2.75) is 26.2 Å². The maximum absolute atomic E-state index is 12.7. The lowest BCUT2D eigenvalue weighted by Crippen LogP contribution is -2.12. The van der Waals surface area contributed by atoms with E-state index < -0.39 is 5.97 Å². The summed E-state index contributed by atoms with van der Waals surface area (Å²) < 4.78 is 12.7. The van der Waals surface area contributed by atoms with Crippen molar-refractivity contribution < 1.29 is 14.3 Å². The van der Waals surface area contributed by atoms with Gasteiger partial charge in [0.2, 0.25) is 0 Å². The van der Waals surface area contributed by atoms with E-state index in [2.05, 4.69) is 0 Å². The number of hydrogen-bond acceptors (Lipinski definition) is 1. The monoisotopic (exact) mass is 210 g/mol. The Hall–Kier alpha value is -1.38. The average Bonchev–Trinajstić information content (AvgIpc) is 2.15. The highest BCUT2D eigenvalue weighted by Gasteiger charge is 2.18. The van der Waals surface area contributed by atoms with E-state index in [9.17, 15) is 9.18 Å². The number of carboxylic acids is 1. The highest BCUT2D eigenvalue weighted by molar-refractivity contribution is 5.68. The first-order chi connectivity index (χ1) is 7.00. The molecule has 15 heavy (non-hydrogen) atoms. The van der Waals surface area contributed by atoms with E-state index in [0.717, 1.165) is 5.56 Å². The maximum atomic E-state index is 12.7. The summed E-state index contributed by atoms with van der Waals surface area (Å²) in [4.78, 5) is 10.7. The number of hydrogen-bond donors (Lipinski definition) is 1. The third-order valence-electron chi connectivity index (χ3n) is 2.50. The summed E-state index contributed by atoms with van der Waals surface area (Å²) in [7, 11) is 0. The highest BCUT2D eigenvalue weighted by atomic mass is 19.1. The third kappa shape index (κ3) is 3.35. The number of aliphatic carboxylic acids is 1. The molecule has 0 bridgehead atoms. The minimum Gasteiger partial charge on any atom is -0.481 e. The lowest BCUT2D eigenvalue weighted by Gasteiger charge is -2.19. The van der Waals surface area contributed by atoms with Gasteiger partial charge in [-0.1, -0.05) is 26.0 Å². The molecule has 0 aromatic heterocycles. The van der Waals surface area contributed by atoms with Crippen LogP contribution in [0.1, 0.15) is 31.7 Å². The van der Waals surface area contributed by atoms with Crippen LogP contribution in [0, 0.1) is 11.7 Å². The molecule has 82 valence electrons. The molecule has 0 aliphatic rings. The summed E-state index contributed by atoms with van der Waals surface area (Å²) in [5.41, 5.74) is 0.883. The molecule has 1 aromatic carbocycles. The van der Waals surface area contributed by atoms with Crippen LogP contribution >= 0.6 is 0 Å². The number of halogens is 1. The first-order valence-corrected chi connectivity index (χ1v) is 4.98. The summed E-state index contributed by atoms with van der Waals surface area (Å²) in [6, 6.07) is 6.05. The second-order valence-electron chi connectivity index (χ2n) is 4.00. The van der Waals surface area contributed by atoms with Crippen molar-refractivity contribution in [1.82, 2.24) is 0 Å². The van der Waals surface area contributed by atoms with E-state index in [4.69, 9.17) is 5.11 Å². The molecule has 1 atom stereocenters. The maximum Gasteiger partial charge on any atom is 0.303 e. The molecule has 2 nitrogen and oxygen atoms in total. The molecule has 1 aromatic rings. The normalized spacial score (nSPS) is 12.8. The molecule has 0 saturated carbocycles. The van der Waals surface area contributed by atoms with E-state index in [1.807, 2.05) is 13.8 Å². The van der Waals surface area contributed by atoms with E-state index in [1.54, 1.807) is 12.1 Å². The Morgan fingerprint density at radius 2 is 1.87 bits per heavy atom. The van der Waals surface area contributed by atoms with Gasteiger partial charge in [-0.15, -0.1) is 0 Å². The van der Waals surface area contributed by atoms with Crippen LogP contribution in [-0.2, 0) is 4.79 Å². The van der Waals surface area contributed by atoms with Crippen molar-refractivity contribution in [3.8, 4) is 0 Å². The molecule has 0 saturated heterocycles. The smallest absolute Gasteiger partial charge is 0.303 e. The number of carbonyl (C=O) groups is 1. The largest absolute Gasteiger partial charge is 0.481 e. The lowest BCUT2D eigenvalue weighted by atomic mass is 9.86. The molecule has 3 heteroatoms. The summed E-state index contributed by atoms with van der Waals surface area (Å²) in [5, 5.41) is 8.77. The van der Waals surface area contributed by atoms with Crippen LogP contribution in [0.5, 0.6) is 0 Å². The van der Waals surface area contributed by atoms with Gasteiger partial charge < -0.3 is 5.11 Å². The average molecular weight is 210 g/mol. The Kier molecular flexibility index (Phi) is 3.83. The van der Waals surface area contributed by atoms with Crippen molar-refractivity contribution in [1.29, 1.82) is 0 Å². The number of carboxylic acid groups (broad SMARTS) is 1. The second-order valence-corrected chi connectivity index (χ2v) is 4.00. The van der Waals surface area contributed by atoms with Gasteiger partial charge in [-0.05, 0) is 29.5 Å². The van der Waals surface area contributed by atoms with Crippen LogP contribution in [0.2, 0.25) is 0 Å². The quantitative estimate of drug-likeness (QED) is 0.829. The summed E-state index contributed by atoms with van der Waals surface area (Å²) in [5.74, 6) is -0.940. The molecular formula is C12H15FO2. The number of benzene rings is 1. The van der Waals surface area contributed by atoms with Crippen molar-refractivity contribution >= 4 is 5.97 Å². The van der Waals surface area contributed by atoms with Gasteiger partial charge in [0, 0.05) is 0 Å². The van der Waals surface area contributed by atoms with Crippen LogP contribution < -0.4 is 0 Å². The molecular weight excluding hydrogens is 195 g/mol. The molecule has 0 aliphatic carbocycles. The van der Waals surface area contributed by atoms with Crippen LogP contribution in [0.3, 0.4) is 0 Å². The van der Waals surface area contributed by atoms with Gasteiger partial charge >= 0.3 is 5.97 Å². The molecule has 1 N–H and O–H groups in total. The molecule has 1 rings (SSSR count). The van der Waals surface area contributed by atoms with Crippen molar-refractivity contribution in [3.05, 3.63) is 35.6 Å².